The number of hydrogen-bond donors (Lipinski definition) is 1. The zero-order valence-electron chi connectivity index (χ0n) is 23.7. The van der Waals surface area contributed by atoms with Crippen molar-refractivity contribution in [2.24, 2.45) is 0 Å². The Labute approximate surface area is 237 Å². The average Bonchev–Trinajstić information content (AvgIpc) is 3.34. The van der Waals surface area contributed by atoms with Gasteiger partial charge in [-0.05, 0) is 23.6 Å². The van der Waals surface area contributed by atoms with Crippen molar-refractivity contribution in [1.29, 1.82) is 0 Å². The van der Waals surface area contributed by atoms with E-state index in [9.17, 15) is 9.90 Å². The maximum atomic E-state index is 11.6. The molecule has 2 rings (SSSR count). The molecule has 0 heterocycles. The van der Waals surface area contributed by atoms with Crippen LogP contribution >= 0.6 is 0 Å². The SMILES string of the molecule is COCCOCCOCCOCCOCCOCCOCCOCCOCCC1C(C(=O)O)=Cc2ccccc21. The molecule has 0 saturated heterocycles. The van der Waals surface area contributed by atoms with Gasteiger partial charge < -0.3 is 47.7 Å². The van der Waals surface area contributed by atoms with Crippen LogP contribution in [0.5, 0.6) is 0 Å². The second-order valence-electron chi connectivity index (χ2n) is 8.77. The van der Waals surface area contributed by atoms with Gasteiger partial charge in [0.2, 0.25) is 0 Å². The summed E-state index contributed by atoms with van der Waals surface area (Å²) >= 11 is 0. The highest BCUT2D eigenvalue weighted by molar-refractivity contribution is 5.96. The number of carboxylic acids is 1. The molecule has 0 saturated carbocycles. The van der Waals surface area contributed by atoms with E-state index >= 15 is 0 Å². The molecular weight excluding hydrogens is 524 g/mol. The van der Waals surface area contributed by atoms with E-state index in [1.165, 1.54) is 0 Å². The van der Waals surface area contributed by atoms with Gasteiger partial charge in [-0.25, -0.2) is 4.79 Å². The first-order valence-electron chi connectivity index (χ1n) is 13.9. The fourth-order valence-corrected chi connectivity index (χ4v) is 3.90. The van der Waals surface area contributed by atoms with Gasteiger partial charge >= 0.3 is 5.97 Å². The van der Waals surface area contributed by atoms with Crippen molar-refractivity contribution in [2.45, 2.75) is 12.3 Å². The number of carbonyl (C=O) groups is 1. The molecule has 0 amide bonds. The van der Waals surface area contributed by atoms with Crippen molar-refractivity contribution < 1.29 is 52.5 Å². The number of ether oxygens (including phenoxy) is 9. The molecule has 1 aromatic carbocycles. The van der Waals surface area contributed by atoms with Gasteiger partial charge in [-0.3, -0.25) is 0 Å². The molecule has 40 heavy (non-hydrogen) atoms. The summed E-state index contributed by atoms with van der Waals surface area (Å²) in [4.78, 5) is 11.6. The first-order chi connectivity index (χ1) is 19.7. The van der Waals surface area contributed by atoms with Crippen LogP contribution in [0.3, 0.4) is 0 Å². The average molecular weight is 571 g/mol. The van der Waals surface area contributed by atoms with Crippen molar-refractivity contribution in [3.8, 4) is 0 Å². The van der Waals surface area contributed by atoms with E-state index in [0.29, 0.717) is 124 Å². The lowest BCUT2D eigenvalue weighted by molar-refractivity contribution is -0.132. The first-order valence-corrected chi connectivity index (χ1v) is 13.9. The molecule has 1 atom stereocenters. The van der Waals surface area contributed by atoms with E-state index < -0.39 is 5.97 Å². The summed E-state index contributed by atoms with van der Waals surface area (Å²) in [5.74, 6) is -1.01. The quantitative estimate of drug-likeness (QED) is 0.150. The van der Waals surface area contributed by atoms with Gasteiger partial charge in [0, 0.05) is 25.2 Å². The summed E-state index contributed by atoms with van der Waals surface area (Å²) in [7, 11) is 1.64. The predicted octanol–water partition coefficient (Wildman–Crippen LogP) is 2.42. The van der Waals surface area contributed by atoms with Gasteiger partial charge in [0.25, 0.3) is 0 Å². The molecule has 1 aliphatic rings. The Morgan fingerprint density at radius 3 is 1.38 bits per heavy atom. The van der Waals surface area contributed by atoms with Crippen molar-refractivity contribution >= 4 is 12.0 Å². The standard InChI is InChI=1S/C29H46O11/c1-32-8-9-34-12-13-36-16-17-38-20-21-40-23-22-39-19-18-37-15-14-35-11-10-33-7-6-27-26-5-3-2-4-25(26)24-28(27)29(30)31/h2-5,24,27H,6-23H2,1H3,(H,30,31). The number of benzene rings is 1. The molecule has 0 aliphatic heterocycles. The van der Waals surface area contributed by atoms with E-state index in [4.69, 9.17) is 42.6 Å². The molecule has 0 aromatic heterocycles. The highest BCUT2D eigenvalue weighted by atomic mass is 16.6. The van der Waals surface area contributed by atoms with Gasteiger partial charge in [-0.15, -0.1) is 0 Å². The smallest absolute Gasteiger partial charge is 0.332 e. The lowest BCUT2D eigenvalue weighted by atomic mass is 9.93. The third kappa shape index (κ3) is 15.8. The van der Waals surface area contributed by atoms with E-state index in [-0.39, 0.29) is 5.92 Å². The Morgan fingerprint density at radius 1 is 0.600 bits per heavy atom. The molecular formula is C29H46O11. The Kier molecular flexibility index (Phi) is 20.3. The van der Waals surface area contributed by atoms with Gasteiger partial charge in [-0.2, -0.15) is 0 Å². The Balaban J connectivity index is 1.26. The van der Waals surface area contributed by atoms with Crippen LogP contribution in [0.2, 0.25) is 0 Å². The molecule has 0 fully saturated rings. The fraction of sp³-hybridized carbons (Fsp3) is 0.690. The highest BCUT2D eigenvalue weighted by Gasteiger charge is 2.28. The summed E-state index contributed by atoms with van der Waals surface area (Å²) in [5.41, 5.74) is 2.45. The number of rotatable bonds is 28. The van der Waals surface area contributed by atoms with Crippen molar-refractivity contribution in [1.82, 2.24) is 0 Å². The molecule has 11 heteroatoms. The van der Waals surface area contributed by atoms with E-state index in [1.807, 2.05) is 24.3 Å². The normalized spacial score (nSPS) is 14.4. The van der Waals surface area contributed by atoms with Crippen LogP contribution in [-0.2, 0) is 47.4 Å². The summed E-state index contributed by atoms with van der Waals surface area (Å²) in [6, 6.07) is 7.78. The van der Waals surface area contributed by atoms with E-state index in [2.05, 4.69) is 0 Å². The van der Waals surface area contributed by atoms with E-state index in [0.717, 1.165) is 11.1 Å². The topological polar surface area (TPSA) is 120 Å². The van der Waals surface area contributed by atoms with Crippen LogP contribution in [-0.4, -0.2) is 131 Å². The van der Waals surface area contributed by atoms with Crippen LogP contribution in [0.4, 0.5) is 0 Å². The molecule has 1 aromatic rings. The lowest BCUT2D eigenvalue weighted by Gasteiger charge is -2.14. The largest absolute Gasteiger partial charge is 0.478 e. The van der Waals surface area contributed by atoms with Crippen LogP contribution in [0.1, 0.15) is 23.5 Å². The number of methoxy groups -OCH3 is 1. The third-order valence-corrected chi connectivity index (χ3v) is 5.89. The number of fused-ring (bicyclic) bond motifs is 1. The van der Waals surface area contributed by atoms with Gasteiger partial charge in [0.1, 0.15) is 0 Å². The van der Waals surface area contributed by atoms with Crippen LogP contribution in [0.25, 0.3) is 6.08 Å². The minimum atomic E-state index is -0.876. The van der Waals surface area contributed by atoms with Crippen LogP contribution < -0.4 is 0 Å². The molecule has 11 nitrogen and oxygen atoms in total. The number of carboxylic acid groups (broad SMARTS) is 1. The maximum absolute atomic E-state index is 11.6. The molecule has 1 N–H and O–H groups in total. The molecule has 1 unspecified atom stereocenters. The Hall–Kier alpha value is -1.93. The Bertz CT molecular complexity index is 802. The van der Waals surface area contributed by atoms with E-state index in [1.54, 1.807) is 13.2 Å². The number of aliphatic carboxylic acids is 1. The molecule has 1 aliphatic carbocycles. The monoisotopic (exact) mass is 570 g/mol. The summed E-state index contributed by atoms with van der Waals surface area (Å²) < 4.78 is 48.6. The van der Waals surface area contributed by atoms with Crippen molar-refractivity contribution in [2.75, 3.05) is 119 Å². The van der Waals surface area contributed by atoms with Crippen LogP contribution in [0, 0.1) is 0 Å². The molecule has 0 bridgehead atoms. The maximum Gasteiger partial charge on any atom is 0.332 e. The minimum absolute atomic E-state index is 0.135. The van der Waals surface area contributed by atoms with Gasteiger partial charge in [0.15, 0.2) is 0 Å². The fourth-order valence-electron chi connectivity index (χ4n) is 3.90. The first kappa shape index (κ1) is 34.3. The molecule has 0 spiro atoms. The van der Waals surface area contributed by atoms with Crippen molar-refractivity contribution in [3.05, 3.63) is 41.0 Å². The van der Waals surface area contributed by atoms with Crippen LogP contribution in [0.15, 0.2) is 29.8 Å². The molecule has 228 valence electrons. The second kappa shape index (κ2) is 23.7. The van der Waals surface area contributed by atoms with Gasteiger partial charge in [-0.1, -0.05) is 24.3 Å². The second-order valence-corrected chi connectivity index (χ2v) is 8.77. The highest BCUT2D eigenvalue weighted by Crippen LogP contribution is 2.38. The zero-order chi connectivity index (χ0) is 28.5. The summed E-state index contributed by atoms with van der Waals surface area (Å²) in [6.45, 7) is 8.66. The lowest BCUT2D eigenvalue weighted by Crippen LogP contribution is -2.15. The third-order valence-electron chi connectivity index (χ3n) is 5.89. The Morgan fingerprint density at radius 2 is 0.975 bits per heavy atom. The van der Waals surface area contributed by atoms with Gasteiger partial charge in [0.05, 0.1) is 106 Å². The summed E-state index contributed by atoms with van der Waals surface area (Å²) in [5, 5.41) is 9.49. The predicted molar refractivity (Wildman–Crippen MR) is 148 cm³/mol. The zero-order valence-corrected chi connectivity index (χ0v) is 23.7. The van der Waals surface area contributed by atoms with Crippen molar-refractivity contribution in [3.63, 3.8) is 0 Å². The number of hydrogen-bond acceptors (Lipinski definition) is 10. The summed E-state index contributed by atoms with van der Waals surface area (Å²) in [6.07, 6.45) is 2.38. The molecule has 0 radical (unpaired) electrons. The minimum Gasteiger partial charge on any atom is -0.478 e.